The van der Waals surface area contributed by atoms with Crippen LogP contribution in [0.15, 0.2) is 67.3 Å². The fourth-order valence-corrected chi connectivity index (χ4v) is 3.08. The first-order valence-electron chi connectivity index (χ1n) is 4.44. The lowest BCUT2D eigenvalue weighted by molar-refractivity contribution is 1.35. The lowest BCUT2D eigenvalue weighted by Crippen LogP contribution is -1.76. The average Bonchev–Trinajstić information content (AvgIpc) is 2.26. The monoisotopic (exact) mass is 342 g/mol. The first-order chi connectivity index (χ1) is 7.27. The molecule has 0 unspecified atom stereocenters. The molecule has 0 saturated carbocycles. The van der Waals surface area contributed by atoms with Crippen LogP contribution >= 0.6 is 43.6 Å². The van der Waals surface area contributed by atoms with Gasteiger partial charge in [-0.15, -0.1) is 0 Å². The van der Waals surface area contributed by atoms with E-state index in [1.165, 1.54) is 9.79 Å². The van der Waals surface area contributed by atoms with Crippen LogP contribution in [-0.2, 0) is 0 Å². The summed E-state index contributed by atoms with van der Waals surface area (Å²) in [4.78, 5) is 2.46. The maximum absolute atomic E-state index is 3.57. The zero-order valence-electron chi connectivity index (χ0n) is 7.78. The van der Waals surface area contributed by atoms with Crippen molar-refractivity contribution in [1.29, 1.82) is 0 Å². The van der Waals surface area contributed by atoms with Crippen LogP contribution in [0.4, 0.5) is 0 Å². The largest absolute Gasteiger partial charge is 0.0889 e. The van der Waals surface area contributed by atoms with Gasteiger partial charge in [0.2, 0.25) is 0 Å². The summed E-state index contributed by atoms with van der Waals surface area (Å²) in [6, 6.07) is 16.5. The fourth-order valence-electron chi connectivity index (χ4n) is 1.18. The van der Waals surface area contributed by atoms with Gasteiger partial charge in [0.15, 0.2) is 0 Å². The Labute approximate surface area is 110 Å². The molecule has 0 aliphatic rings. The molecule has 0 fully saturated rings. The van der Waals surface area contributed by atoms with E-state index in [4.69, 9.17) is 0 Å². The highest BCUT2D eigenvalue weighted by molar-refractivity contribution is 9.13. The predicted molar refractivity (Wildman–Crippen MR) is 72.4 cm³/mol. The van der Waals surface area contributed by atoms with Crippen molar-refractivity contribution in [3.63, 3.8) is 0 Å². The summed E-state index contributed by atoms with van der Waals surface area (Å²) < 4.78 is 2.20. The highest BCUT2D eigenvalue weighted by Gasteiger charge is 2.04. The summed E-state index contributed by atoms with van der Waals surface area (Å²) in [6.07, 6.45) is 0. The van der Waals surface area contributed by atoms with Crippen molar-refractivity contribution in [2.24, 2.45) is 0 Å². The quantitative estimate of drug-likeness (QED) is 0.707. The van der Waals surface area contributed by atoms with Crippen molar-refractivity contribution in [3.8, 4) is 0 Å². The van der Waals surface area contributed by atoms with E-state index in [9.17, 15) is 0 Å². The molecule has 0 spiro atoms. The molecule has 2 rings (SSSR count). The smallest absolute Gasteiger partial charge is 0.0456 e. The Kier molecular flexibility index (Phi) is 3.89. The third-order valence-electron chi connectivity index (χ3n) is 1.89. The second-order valence-corrected chi connectivity index (χ2v) is 5.73. The van der Waals surface area contributed by atoms with Crippen LogP contribution < -0.4 is 0 Å². The summed E-state index contributed by atoms with van der Waals surface area (Å²) in [5.74, 6) is 0. The molecule has 0 atom stereocenters. The SMILES string of the molecule is Brc1cccc(Sc2ccccc2)c1Br. The zero-order valence-corrected chi connectivity index (χ0v) is 11.8. The second-order valence-electron chi connectivity index (χ2n) is 2.97. The van der Waals surface area contributed by atoms with Gasteiger partial charge in [0.1, 0.15) is 0 Å². The van der Waals surface area contributed by atoms with Gasteiger partial charge in [-0.3, -0.25) is 0 Å². The number of halogens is 2. The molecule has 0 nitrogen and oxygen atoms in total. The van der Waals surface area contributed by atoms with E-state index in [1.807, 2.05) is 30.3 Å². The number of hydrogen-bond donors (Lipinski definition) is 0. The molecule has 0 aromatic heterocycles. The lowest BCUT2D eigenvalue weighted by Gasteiger charge is -2.05. The van der Waals surface area contributed by atoms with E-state index < -0.39 is 0 Å². The van der Waals surface area contributed by atoms with Crippen LogP contribution in [0.3, 0.4) is 0 Å². The maximum Gasteiger partial charge on any atom is 0.0456 e. The zero-order chi connectivity index (χ0) is 10.7. The Morgan fingerprint density at radius 3 is 2.27 bits per heavy atom. The van der Waals surface area contributed by atoms with E-state index in [2.05, 4.69) is 50.1 Å². The van der Waals surface area contributed by atoms with E-state index in [0.717, 1.165) is 8.95 Å². The molecule has 2 aromatic carbocycles. The van der Waals surface area contributed by atoms with Crippen molar-refractivity contribution in [2.75, 3.05) is 0 Å². The molecule has 0 heterocycles. The molecule has 0 aliphatic carbocycles. The predicted octanol–water partition coefficient (Wildman–Crippen LogP) is 5.36. The van der Waals surface area contributed by atoms with E-state index in [1.54, 1.807) is 11.8 Å². The van der Waals surface area contributed by atoms with Crippen LogP contribution in [0.5, 0.6) is 0 Å². The molecular formula is C12H8Br2S. The van der Waals surface area contributed by atoms with Gasteiger partial charge in [0.25, 0.3) is 0 Å². The highest BCUT2D eigenvalue weighted by atomic mass is 79.9. The van der Waals surface area contributed by atoms with Gasteiger partial charge >= 0.3 is 0 Å². The topological polar surface area (TPSA) is 0 Å². The Morgan fingerprint density at radius 1 is 0.800 bits per heavy atom. The van der Waals surface area contributed by atoms with Gasteiger partial charge in [0.05, 0.1) is 0 Å². The van der Waals surface area contributed by atoms with Crippen molar-refractivity contribution < 1.29 is 0 Å². The molecule has 0 radical (unpaired) electrons. The molecule has 0 amide bonds. The first kappa shape index (κ1) is 11.2. The van der Waals surface area contributed by atoms with Crippen LogP contribution in [0.2, 0.25) is 0 Å². The van der Waals surface area contributed by atoms with Crippen molar-refractivity contribution in [2.45, 2.75) is 9.79 Å². The van der Waals surface area contributed by atoms with Crippen LogP contribution in [-0.4, -0.2) is 0 Å². The Hall–Kier alpha value is -0.250. The Bertz CT molecular complexity index is 454. The van der Waals surface area contributed by atoms with Gasteiger partial charge in [0, 0.05) is 18.7 Å². The van der Waals surface area contributed by atoms with E-state index in [-0.39, 0.29) is 0 Å². The third kappa shape index (κ3) is 2.86. The van der Waals surface area contributed by atoms with Crippen molar-refractivity contribution in [1.82, 2.24) is 0 Å². The number of benzene rings is 2. The Balaban J connectivity index is 2.29. The maximum atomic E-state index is 3.57. The molecule has 0 bridgehead atoms. The molecular weight excluding hydrogens is 336 g/mol. The fraction of sp³-hybridized carbons (Fsp3) is 0. The summed E-state index contributed by atoms with van der Waals surface area (Å²) >= 11 is 8.82. The normalized spacial score (nSPS) is 10.3. The molecule has 15 heavy (non-hydrogen) atoms. The summed E-state index contributed by atoms with van der Waals surface area (Å²) in [7, 11) is 0. The standard InChI is InChI=1S/C12H8Br2S/c13-10-7-4-8-11(12(10)14)15-9-5-2-1-3-6-9/h1-8H. The van der Waals surface area contributed by atoms with Gasteiger partial charge in [-0.2, -0.15) is 0 Å². The summed E-state index contributed by atoms with van der Waals surface area (Å²) in [5, 5.41) is 0. The van der Waals surface area contributed by atoms with Gasteiger partial charge in [-0.05, 0) is 56.1 Å². The molecule has 76 valence electrons. The van der Waals surface area contributed by atoms with Crippen LogP contribution in [0.25, 0.3) is 0 Å². The molecule has 0 aliphatic heterocycles. The van der Waals surface area contributed by atoms with Gasteiger partial charge in [-0.1, -0.05) is 36.0 Å². The molecule has 2 aromatic rings. The van der Waals surface area contributed by atoms with Gasteiger partial charge < -0.3 is 0 Å². The minimum Gasteiger partial charge on any atom is -0.0889 e. The number of hydrogen-bond acceptors (Lipinski definition) is 1. The summed E-state index contributed by atoms with van der Waals surface area (Å²) in [5.41, 5.74) is 0. The molecule has 0 N–H and O–H groups in total. The highest BCUT2D eigenvalue weighted by Crippen LogP contribution is 2.37. The number of rotatable bonds is 2. The molecule has 0 saturated heterocycles. The minimum atomic E-state index is 1.09. The van der Waals surface area contributed by atoms with Crippen molar-refractivity contribution in [3.05, 3.63) is 57.5 Å². The molecule has 3 heteroatoms. The third-order valence-corrected chi connectivity index (χ3v) is 5.26. The Morgan fingerprint density at radius 2 is 1.53 bits per heavy atom. The van der Waals surface area contributed by atoms with Crippen LogP contribution in [0, 0.1) is 0 Å². The summed E-state index contributed by atoms with van der Waals surface area (Å²) in [6.45, 7) is 0. The average molecular weight is 344 g/mol. The lowest BCUT2D eigenvalue weighted by atomic mass is 10.4. The minimum absolute atomic E-state index is 1.09. The van der Waals surface area contributed by atoms with Crippen LogP contribution in [0.1, 0.15) is 0 Å². The first-order valence-corrected chi connectivity index (χ1v) is 6.84. The second kappa shape index (κ2) is 5.19. The van der Waals surface area contributed by atoms with E-state index in [0.29, 0.717) is 0 Å². The van der Waals surface area contributed by atoms with Crippen molar-refractivity contribution >= 4 is 43.6 Å². The van der Waals surface area contributed by atoms with E-state index >= 15 is 0 Å². The van der Waals surface area contributed by atoms with Gasteiger partial charge in [-0.25, -0.2) is 0 Å².